The minimum atomic E-state index is -3.15. The summed E-state index contributed by atoms with van der Waals surface area (Å²) in [6, 6.07) is 4.08. The van der Waals surface area contributed by atoms with E-state index in [0.717, 1.165) is 60.6 Å². The summed E-state index contributed by atoms with van der Waals surface area (Å²) >= 11 is 0. The fourth-order valence-electron chi connectivity index (χ4n) is 4.55. The Balaban J connectivity index is 1.31. The SMILES string of the molecule is O=S(=O)(CC1CCC(c2nccc3cnc4[nH]ccc4c23)CC1)NCC1CC1. The average Bonchev–Trinajstić information content (AvgIpc) is 3.41. The Kier molecular flexibility index (Phi) is 4.59. The molecule has 0 spiro atoms. The van der Waals surface area contributed by atoms with E-state index in [1.54, 1.807) is 0 Å². The summed E-state index contributed by atoms with van der Waals surface area (Å²) in [5.41, 5.74) is 2.03. The van der Waals surface area contributed by atoms with Crippen molar-refractivity contribution in [2.45, 2.75) is 44.4 Å². The van der Waals surface area contributed by atoms with Crippen LogP contribution in [0.1, 0.15) is 50.1 Å². The molecule has 2 saturated carbocycles. The molecular weight excluding hydrogens is 372 g/mol. The van der Waals surface area contributed by atoms with Gasteiger partial charge in [-0.2, -0.15) is 0 Å². The first kappa shape index (κ1) is 18.1. The van der Waals surface area contributed by atoms with Crippen LogP contribution in [0.4, 0.5) is 0 Å². The number of H-pyrrole nitrogens is 1. The summed E-state index contributed by atoms with van der Waals surface area (Å²) in [6.07, 6.45) is 11.9. The highest BCUT2D eigenvalue weighted by Gasteiger charge is 2.29. The Morgan fingerprint density at radius 2 is 1.82 bits per heavy atom. The highest BCUT2D eigenvalue weighted by Crippen LogP contribution is 2.39. The predicted molar refractivity (Wildman–Crippen MR) is 111 cm³/mol. The predicted octanol–water partition coefficient (Wildman–Crippen LogP) is 3.71. The number of hydrogen-bond donors (Lipinski definition) is 2. The van der Waals surface area contributed by atoms with Crippen molar-refractivity contribution >= 4 is 31.8 Å². The number of aromatic nitrogens is 3. The lowest BCUT2D eigenvalue weighted by Gasteiger charge is -2.28. The Morgan fingerprint density at radius 1 is 1.04 bits per heavy atom. The Labute approximate surface area is 165 Å². The van der Waals surface area contributed by atoms with Crippen molar-refractivity contribution in [3.05, 3.63) is 36.4 Å². The highest BCUT2D eigenvalue weighted by molar-refractivity contribution is 7.89. The van der Waals surface area contributed by atoms with Crippen molar-refractivity contribution in [1.29, 1.82) is 0 Å². The van der Waals surface area contributed by atoms with Crippen LogP contribution in [0.2, 0.25) is 0 Å². The van der Waals surface area contributed by atoms with Crippen LogP contribution in [-0.4, -0.2) is 35.7 Å². The first-order valence-electron chi connectivity index (χ1n) is 10.3. The number of sulfonamides is 1. The summed E-state index contributed by atoms with van der Waals surface area (Å²) in [7, 11) is -3.15. The van der Waals surface area contributed by atoms with Crippen molar-refractivity contribution in [1.82, 2.24) is 19.7 Å². The molecule has 28 heavy (non-hydrogen) atoms. The normalized spacial score (nSPS) is 23.4. The quantitative estimate of drug-likeness (QED) is 0.662. The van der Waals surface area contributed by atoms with Crippen molar-refractivity contribution in [2.24, 2.45) is 11.8 Å². The Hall–Kier alpha value is -1.99. The van der Waals surface area contributed by atoms with Gasteiger partial charge in [0, 0.05) is 47.2 Å². The van der Waals surface area contributed by atoms with E-state index in [1.807, 2.05) is 24.7 Å². The van der Waals surface area contributed by atoms with Gasteiger partial charge >= 0.3 is 0 Å². The van der Waals surface area contributed by atoms with Crippen LogP contribution < -0.4 is 4.72 Å². The van der Waals surface area contributed by atoms with Gasteiger partial charge in [0.25, 0.3) is 0 Å². The minimum Gasteiger partial charge on any atom is -0.346 e. The van der Waals surface area contributed by atoms with Gasteiger partial charge in [0.15, 0.2) is 0 Å². The first-order chi connectivity index (χ1) is 13.6. The molecule has 148 valence electrons. The molecule has 3 aromatic rings. The minimum absolute atomic E-state index is 0.247. The maximum Gasteiger partial charge on any atom is 0.211 e. The monoisotopic (exact) mass is 398 g/mol. The second kappa shape index (κ2) is 7.12. The molecule has 0 aliphatic heterocycles. The smallest absolute Gasteiger partial charge is 0.211 e. The molecular formula is C21H26N4O2S. The van der Waals surface area contributed by atoms with E-state index in [9.17, 15) is 8.42 Å². The molecule has 2 aliphatic rings. The zero-order valence-electron chi connectivity index (χ0n) is 15.9. The molecule has 7 heteroatoms. The molecule has 3 heterocycles. The van der Waals surface area contributed by atoms with Crippen LogP contribution in [0.15, 0.2) is 30.7 Å². The molecule has 6 nitrogen and oxygen atoms in total. The molecule has 0 atom stereocenters. The van der Waals surface area contributed by atoms with Crippen LogP contribution in [-0.2, 0) is 10.0 Å². The zero-order chi connectivity index (χ0) is 19.1. The number of pyridine rings is 2. The van der Waals surface area contributed by atoms with Crippen LogP contribution in [0.5, 0.6) is 0 Å². The summed E-state index contributed by atoms with van der Waals surface area (Å²) in [5.74, 6) is 1.46. The van der Waals surface area contributed by atoms with Crippen molar-refractivity contribution in [2.75, 3.05) is 12.3 Å². The van der Waals surface area contributed by atoms with E-state index in [-0.39, 0.29) is 11.7 Å². The Bertz CT molecular complexity index is 1100. The van der Waals surface area contributed by atoms with Gasteiger partial charge in [-0.3, -0.25) is 4.98 Å². The van der Waals surface area contributed by atoms with Crippen molar-refractivity contribution in [3.8, 4) is 0 Å². The third-order valence-electron chi connectivity index (χ3n) is 6.32. The van der Waals surface area contributed by atoms with Crippen LogP contribution >= 0.6 is 0 Å². The maximum absolute atomic E-state index is 12.3. The molecule has 0 bridgehead atoms. The number of rotatable bonds is 6. The second-order valence-electron chi connectivity index (χ2n) is 8.45. The van der Waals surface area contributed by atoms with Gasteiger partial charge in [0.05, 0.1) is 11.4 Å². The standard InChI is InChI=1S/C21H26N4O2S/c26-28(27,25-11-14-1-2-14)13-15-3-5-16(6-4-15)20-19-17(7-9-22-20)12-24-21-18(19)8-10-23-21/h7-10,12,14-16,25H,1-6,11,13H2,(H,23,24). The third-order valence-corrected chi connectivity index (χ3v) is 7.83. The van der Waals surface area contributed by atoms with Gasteiger partial charge in [-0.15, -0.1) is 0 Å². The summed E-state index contributed by atoms with van der Waals surface area (Å²) in [5, 5.41) is 3.43. The van der Waals surface area contributed by atoms with Gasteiger partial charge in [0.2, 0.25) is 10.0 Å². The van der Waals surface area contributed by atoms with E-state index in [1.165, 1.54) is 5.39 Å². The molecule has 0 amide bonds. The van der Waals surface area contributed by atoms with Gasteiger partial charge in [-0.05, 0) is 62.5 Å². The molecule has 2 aliphatic carbocycles. The van der Waals surface area contributed by atoms with Crippen LogP contribution in [0.3, 0.4) is 0 Å². The number of aromatic amines is 1. The molecule has 2 fully saturated rings. The number of nitrogens with zero attached hydrogens (tertiary/aromatic N) is 2. The van der Waals surface area contributed by atoms with E-state index < -0.39 is 10.0 Å². The maximum atomic E-state index is 12.3. The fourth-order valence-corrected chi connectivity index (χ4v) is 6.11. The topological polar surface area (TPSA) is 87.7 Å². The van der Waals surface area contributed by atoms with Crippen LogP contribution in [0, 0.1) is 11.8 Å². The average molecular weight is 399 g/mol. The van der Waals surface area contributed by atoms with E-state index in [2.05, 4.69) is 20.8 Å². The molecule has 0 radical (unpaired) electrons. The van der Waals surface area contributed by atoms with E-state index in [0.29, 0.717) is 18.4 Å². The molecule has 0 aromatic carbocycles. The highest BCUT2D eigenvalue weighted by atomic mass is 32.2. The lowest BCUT2D eigenvalue weighted by atomic mass is 9.80. The van der Waals surface area contributed by atoms with Crippen molar-refractivity contribution < 1.29 is 8.42 Å². The lowest BCUT2D eigenvalue weighted by molar-refractivity contribution is 0.345. The molecule has 2 N–H and O–H groups in total. The summed E-state index contributed by atoms with van der Waals surface area (Å²) < 4.78 is 27.5. The largest absolute Gasteiger partial charge is 0.346 e. The van der Waals surface area contributed by atoms with Gasteiger partial charge < -0.3 is 4.98 Å². The van der Waals surface area contributed by atoms with E-state index in [4.69, 9.17) is 4.98 Å². The van der Waals surface area contributed by atoms with Gasteiger partial charge in [-0.25, -0.2) is 18.1 Å². The van der Waals surface area contributed by atoms with Gasteiger partial charge in [-0.1, -0.05) is 0 Å². The molecule has 0 saturated heterocycles. The molecule has 3 aromatic heterocycles. The van der Waals surface area contributed by atoms with Crippen molar-refractivity contribution in [3.63, 3.8) is 0 Å². The lowest BCUT2D eigenvalue weighted by Crippen LogP contribution is -2.32. The molecule has 5 rings (SSSR count). The summed E-state index contributed by atoms with van der Waals surface area (Å²) in [4.78, 5) is 12.4. The number of hydrogen-bond acceptors (Lipinski definition) is 4. The number of fused-ring (bicyclic) bond motifs is 3. The van der Waals surface area contributed by atoms with E-state index >= 15 is 0 Å². The second-order valence-corrected chi connectivity index (χ2v) is 10.3. The van der Waals surface area contributed by atoms with Crippen LogP contribution in [0.25, 0.3) is 21.8 Å². The summed E-state index contributed by atoms with van der Waals surface area (Å²) in [6.45, 7) is 0.623. The molecule has 0 unspecified atom stereocenters. The number of nitrogens with one attached hydrogen (secondary N) is 2. The third kappa shape index (κ3) is 3.65. The Morgan fingerprint density at radius 3 is 2.61 bits per heavy atom. The first-order valence-corrected chi connectivity index (χ1v) is 11.9. The van der Waals surface area contributed by atoms with Gasteiger partial charge in [0.1, 0.15) is 5.65 Å². The zero-order valence-corrected chi connectivity index (χ0v) is 16.7. The fraction of sp³-hybridized carbons (Fsp3) is 0.524.